The van der Waals surface area contributed by atoms with Gasteiger partial charge in [0.25, 0.3) is 0 Å². The van der Waals surface area contributed by atoms with Crippen LogP contribution in [0, 0.1) is 0 Å². The van der Waals surface area contributed by atoms with E-state index in [0.717, 1.165) is 17.1 Å². The van der Waals surface area contributed by atoms with Gasteiger partial charge in [-0.05, 0) is 89.9 Å². The first kappa shape index (κ1) is 30.4. The summed E-state index contributed by atoms with van der Waals surface area (Å²) in [7, 11) is 0. The van der Waals surface area contributed by atoms with Crippen molar-refractivity contribution < 1.29 is 0 Å². The first-order valence-corrected chi connectivity index (χ1v) is 18.6. The van der Waals surface area contributed by atoms with Gasteiger partial charge in [0.2, 0.25) is 0 Å². The molecular formula is C49H34N2S. The highest BCUT2D eigenvalue weighted by molar-refractivity contribution is 7.26. The molecule has 246 valence electrons. The molecule has 0 spiro atoms. The Kier molecular flexibility index (Phi) is 7.09. The molecule has 7 aromatic carbocycles. The van der Waals surface area contributed by atoms with Gasteiger partial charge >= 0.3 is 0 Å². The van der Waals surface area contributed by atoms with E-state index in [-0.39, 0.29) is 0 Å². The minimum atomic E-state index is 1.10. The van der Waals surface area contributed by atoms with Crippen LogP contribution in [0.4, 0.5) is 0 Å². The van der Waals surface area contributed by atoms with E-state index in [1.165, 1.54) is 80.7 Å². The molecule has 0 aliphatic heterocycles. The van der Waals surface area contributed by atoms with Crippen LogP contribution in [0.25, 0.3) is 98.7 Å². The summed E-state index contributed by atoms with van der Waals surface area (Å²) in [4.78, 5) is 0. The van der Waals surface area contributed by atoms with Crippen LogP contribution in [0.2, 0.25) is 0 Å². The molecule has 0 saturated heterocycles. The Morgan fingerprint density at radius 2 is 1.13 bits per heavy atom. The average molecular weight is 683 g/mol. The number of benzene rings is 7. The van der Waals surface area contributed by atoms with Crippen LogP contribution < -0.4 is 0 Å². The number of hydrogen-bond acceptors (Lipinski definition) is 1. The third-order valence-electron chi connectivity index (χ3n) is 10.4. The fourth-order valence-corrected chi connectivity index (χ4v) is 9.39. The smallest absolute Gasteiger partial charge is 0.0542 e. The Morgan fingerprint density at radius 1 is 0.500 bits per heavy atom. The zero-order chi connectivity index (χ0) is 34.8. The molecule has 0 unspecified atom stereocenters. The summed E-state index contributed by atoms with van der Waals surface area (Å²) < 4.78 is 7.42. The van der Waals surface area contributed by atoms with E-state index in [2.05, 4.69) is 193 Å². The maximum atomic E-state index is 4.23. The van der Waals surface area contributed by atoms with Crippen LogP contribution >= 0.6 is 11.3 Å². The zero-order valence-corrected chi connectivity index (χ0v) is 29.6. The summed E-state index contributed by atoms with van der Waals surface area (Å²) in [5.74, 6) is 0. The monoisotopic (exact) mass is 682 g/mol. The molecule has 52 heavy (non-hydrogen) atoms. The second-order valence-corrected chi connectivity index (χ2v) is 14.4. The molecule has 0 radical (unpaired) electrons. The normalized spacial score (nSPS) is 11.9. The van der Waals surface area contributed by atoms with Crippen molar-refractivity contribution in [3.8, 4) is 33.6 Å². The Bertz CT molecular complexity index is 3050. The molecule has 0 N–H and O–H groups in total. The second kappa shape index (κ2) is 12.1. The second-order valence-electron chi connectivity index (χ2n) is 13.3. The minimum absolute atomic E-state index is 1.10. The Morgan fingerprint density at radius 3 is 1.96 bits per heavy atom. The van der Waals surface area contributed by atoms with Crippen molar-refractivity contribution in [2.75, 3.05) is 0 Å². The molecule has 0 saturated carbocycles. The summed E-state index contributed by atoms with van der Waals surface area (Å²) >= 11 is 1.88. The largest absolute Gasteiger partial charge is 0.309 e. The lowest BCUT2D eigenvalue weighted by atomic mass is 9.97. The van der Waals surface area contributed by atoms with Gasteiger partial charge < -0.3 is 9.13 Å². The van der Waals surface area contributed by atoms with Crippen molar-refractivity contribution in [2.45, 2.75) is 6.92 Å². The number of rotatable bonds is 6. The zero-order valence-electron chi connectivity index (χ0n) is 28.8. The first-order valence-electron chi connectivity index (χ1n) is 17.8. The van der Waals surface area contributed by atoms with Crippen molar-refractivity contribution in [3.63, 3.8) is 0 Å². The predicted molar refractivity (Wildman–Crippen MR) is 226 cm³/mol. The predicted octanol–water partition coefficient (Wildman–Crippen LogP) is 14.1. The Hall–Kier alpha value is -6.42. The third kappa shape index (κ3) is 4.63. The molecule has 3 aromatic heterocycles. The number of hydrogen-bond donors (Lipinski definition) is 0. The van der Waals surface area contributed by atoms with E-state index >= 15 is 0 Å². The molecule has 3 heteroatoms. The van der Waals surface area contributed by atoms with Gasteiger partial charge in [0.05, 0.1) is 22.2 Å². The van der Waals surface area contributed by atoms with E-state index in [0.29, 0.717) is 0 Å². The fourth-order valence-electron chi connectivity index (χ4n) is 8.15. The molecule has 2 nitrogen and oxygen atoms in total. The number of aromatic nitrogens is 2. The van der Waals surface area contributed by atoms with Crippen molar-refractivity contribution in [2.24, 2.45) is 0 Å². The van der Waals surface area contributed by atoms with E-state index in [1.807, 2.05) is 17.4 Å². The quantitative estimate of drug-likeness (QED) is 0.165. The number of nitrogens with zero attached hydrogens (tertiary/aromatic N) is 2. The number of fused-ring (bicyclic) bond motifs is 7. The van der Waals surface area contributed by atoms with Gasteiger partial charge in [0.1, 0.15) is 0 Å². The highest BCUT2D eigenvalue weighted by Crippen LogP contribution is 2.41. The third-order valence-corrected chi connectivity index (χ3v) is 11.6. The Balaban J connectivity index is 1.11. The van der Waals surface area contributed by atoms with E-state index in [4.69, 9.17) is 0 Å². The van der Waals surface area contributed by atoms with Crippen LogP contribution in [0.5, 0.6) is 0 Å². The molecule has 0 fully saturated rings. The maximum absolute atomic E-state index is 4.23. The van der Waals surface area contributed by atoms with Gasteiger partial charge in [-0.15, -0.1) is 11.3 Å². The fraction of sp³-hybridized carbons (Fsp3) is 0.0204. The molecule has 0 bridgehead atoms. The summed E-state index contributed by atoms with van der Waals surface area (Å²) in [6.07, 6.45) is 6.27. The SMILES string of the molecule is C=Cc1c(/C=C\C)c2ccccc2n1-c1ccc2c(c1)c1ccccc1n2-c1cccc(-c2cccc(-c3cccc4c3sc3ccccc34)c2)c1. The van der Waals surface area contributed by atoms with Crippen molar-refractivity contribution in [3.05, 3.63) is 182 Å². The molecule has 3 heterocycles. The van der Waals surface area contributed by atoms with Gasteiger partial charge in [-0.3, -0.25) is 0 Å². The lowest BCUT2D eigenvalue weighted by Crippen LogP contribution is -1.98. The molecule has 0 atom stereocenters. The van der Waals surface area contributed by atoms with Crippen LogP contribution in [-0.4, -0.2) is 9.13 Å². The highest BCUT2D eigenvalue weighted by atomic mass is 32.1. The molecule has 0 amide bonds. The molecular weight excluding hydrogens is 649 g/mol. The molecule has 10 aromatic rings. The van der Waals surface area contributed by atoms with Gasteiger partial charge in [0, 0.05) is 53.3 Å². The van der Waals surface area contributed by atoms with Crippen LogP contribution in [0.1, 0.15) is 18.2 Å². The average Bonchev–Trinajstić information content (AvgIpc) is 3.85. The summed E-state index contributed by atoms with van der Waals surface area (Å²) in [5.41, 5.74) is 13.0. The molecule has 10 rings (SSSR count). The van der Waals surface area contributed by atoms with Gasteiger partial charge in [-0.25, -0.2) is 0 Å². The number of para-hydroxylation sites is 2. The minimum Gasteiger partial charge on any atom is -0.309 e. The van der Waals surface area contributed by atoms with Crippen LogP contribution in [0.15, 0.2) is 170 Å². The topological polar surface area (TPSA) is 9.86 Å². The van der Waals surface area contributed by atoms with E-state index < -0.39 is 0 Å². The summed E-state index contributed by atoms with van der Waals surface area (Å²) in [5, 5.41) is 6.32. The first-order chi connectivity index (χ1) is 25.7. The summed E-state index contributed by atoms with van der Waals surface area (Å²) in [6.45, 7) is 6.30. The van der Waals surface area contributed by atoms with E-state index in [9.17, 15) is 0 Å². The molecule has 0 aliphatic rings. The number of allylic oxidation sites excluding steroid dienone is 1. The highest BCUT2D eigenvalue weighted by Gasteiger charge is 2.18. The van der Waals surface area contributed by atoms with Crippen molar-refractivity contribution >= 4 is 76.4 Å². The lowest BCUT2D eigenvalue weighted by molar-refractivity contribution is 1.11. The van der Waals surface area contributed by atoms with Gasteiger partial charge in [-0.1, -0.05) is 122 Å². The van der Waals surface area contributed by atoms with Crippen LogP contribution in [-0.2, 0) is 0 Å². The Labute approximate surface area is 306 Å². The number of thiophene rings is 1. The van der Waals surface area contributed by atoms with Crippen molar-refractivity contribution in [1.82, 2.24) is 9.13 Å². The lowest BCUT2D eigenvalue weighted by Gasteiger charge is -2.13. The van der Waals surface area contributed by atoms with Gasteiger partial charge in [-0.2, -0.15) is 0 Å². The standard InChI is InChI=1S/C49H34N2S/c1-3-14-38-39-19-5-8-24-45(39)50(44(38)4-2)36-27-28-47-43(31-36)40-20-6-9-25-46(40)51(47)35-18-12-16-33(30-35)32-15-11-17-34(29-32)37-22-13-23-42-41-21-7-10-26-48(41)52-49(37)42/h3-31H,2H2,1H3/b14-3-. The van der Waals surface area contributed by atoms with Gasteiger partial charge in [0.15, 0.2) is 0 Å². The van der Waals surface area contributed by atoms with E-state index in [1.54, 1.807) is 0 Å². The van der Waals surface area contributed by atoms with Crippen LogP contribution in [0.3, 0.4) is 0 Å². The van der Waals surface area contributed by atoms with Crippen molar-refractivity contribution in [1.29, 1.82) is 0 Å². The molecule has 0 aliphatic carbocycles. The maximum Gasteiger partial charge on any atom is 0.0542 e. The summed E-state index contributed by atoms with van der Waals surface area (Å²) in [6, 6.07) is 57.6.